The summed E-state index contributed by atoms with van der Waals surface area (Å²) in [5, 5.41) is 1.23. The van der Waals surface area contributed by atoms with Gasteiger partial charge in [0.1, 0.15) is 11.3 Å². The fraction of sp³-hybridized carbons (Fsp3) is 0.185. The van der Waals surface area contributed by atoms with Crippen LogP contribution in [-0.4, -0.2) is 0 Å². The van der Waals surface area contributed by atoms with E-state index in [2.05, 4.69) is 74.7 Å². The first-order chi connectivity index (χ1) is 13.7. The van der Waals surface area contributed by atoms with Gasteiger partial charge < -0.3 is 4.42 Å². The molecule has 1 aliphatic carbocycles. The number of hydrogen-bond donors (Lipinski definition) is 0. The number of fused-ring (bicyclic) bond motifs is 3. The molecule has 0 amide bonds. The van der Waals surface area contributed by atoms with Gasteiger partial charge in [0.25, 0.3) is 0 Å². The Kier molecular flexibility index (Phi) is 5.16. The molecule has 0 unspecified atom stereocenters. The van der Waals surface area contributed by atoms with Gasteiger partial charge in [-0.25, -0.2) is 0 Å². The lowest BCUT2D eigenvalue weighted by atomic mass is 9.93. The second kappa shape index (κ2) is 7.90. The van der Waals surface area contributed by atoms with Crippen molar-refractivity contribution in [1.82, 2.24) is 0 Å². The van der Waals surface area contributed by atoms with Gasteiger partial charge in [0.2, 0.25) is 0 Å². The van der Waals surface area contributed by atoms with Crippen LogP contribution in [0.5, 0.6) is 0 Å². The average molecular weight is 367 g/mol. The van der Waals surface area contributed by atoms with Crippen LogP contribution in [0, 0.1) is 6.92 Å². The molecule has 0 N–H and O–H groups in total. The van der Waals surface area contributed by atoms with Crippen molar-refractivity contribution in [3.05, 3.63) is 107 Å². The first kappa shape index (κ1) is 18.3. The van der Waals surface area contributed by atoms with E-state index >= 15 is 0 Å². The maximum atomic E-state index is 6.00. The summed E-state index contributed by atoms with van der Waals surface area (Å²) in [5.74, 6) is 1.13. The first-order valence-electron chi connectivity index (χ1n) is 9.92. The van der Waals surface area contributed by atoms with Gasteiger partial charge in [-0.1, -0.05) is 79.4 Å². The second-order valence-corrected chi connectivity index (χ2v) is 7.45. The standard InChI is InChI=1S/C27H26O/c1-4-19(2)22-14-9-10-20(3)23(22)12-6-5-11-21-16-17-27-25(18-21)24-13-7-8-15-26(24)28-27/h4-10,13-15,18H,1-2,11-12,16-17H2,3H3/b6-5-. The minimum atomic E-state index is 0.919. The Morgan fingerprint density at radius 3 is 2.71 bits per heavy atom. The SMILES string of the molecule is C=CC(=C)c1cccc(C)c1C/C=C\CC1=Cc2c(oc3ccccc23)CC1. The third kappa shape index (κ3) is 3.53. The molecule has 0 saturated heterocycles. The molecule has 28 heavy (non-hydrogen) atoms. The Hall–Kier alpha value is -3.06. The normalized spacial score (nSPS) is 13.5. The Balaban J connectivity index is 1.49. The molecule has 4 rings (SSSR count). The van der Waals surface area contributed by atoms with Crippen molar-refractivity contribution < 1.29 is 4.42 Å². The van der Waals surface area contributed by atoms with Crippen LogP contribution in [0.4, 0.5) is 0 Å². The molecule has 2 aromatic carbocycles. The summed E-state index contributed by atoms with van der Waals surface area (Å²) in [4.78, 5) is 0. The van der Waals surface area contributed by atoms with Crippen LogP contribution in [0.3, 0.4) is 0 Å². The van der Waals surface area contributed by atoms with Gasteiger partial charge in [0.05, 0.1) is 0 Å². The molecule has 1 aliphatic rings. The fourth-order valence-electron chi connectivity index (χ4n) is 3.99. The van der Waals surface area contributed by atoms with E-state index < -0.39 is 0 Å². The maximum Gasteiger partial charge on any atom is 0.134 e. The van der Waals surface area contributed by atoms with Crippen LogP contribution in [-0.2, 0) is 12.8 Å². The first-order valence-corrected chi connectivity index (χ1v) is 9.92. The lowest BCUT2D eigenvalue weighted by Gasteiger charge is -2.12. The highest BCUT2D eigenvalue weighted by atomic mass is 16.3. The quantitative estimate of drug-likeness (QED) is 0.326. The molecular weight excluding hydrogens is 340 g/mol. The predicted octanol–water partition coefficient (Wildman–Crippen LogP) is 7.46. The van der Waals surface area contributed by atoms with Gasteiger partial charge in [-0.2, -0.15) is 0 Å². The van der Waals surface area contributed by atoms with E-state index in [1.54, 1.807) is 0 Å². The number of aryl methyl sites for hydroxylation is 2. The lowest BCUT2D eigenvalue weighted by Crippen LogP contribution is -1.96. The highest BCUT2D eigenvalue weighted by Gasteiger charge is 2.17. The molecule has 1 heteroatoms. The summed E-state index contributed by atoms with van der Waals surface area (Å²) < 4.78 is 6.00. The van der Waals surface area contributed by atoms with Gasteiger partial charge >= 0.3 is 0 Å². The molecule has 140 valence electrons. The zero-order valence-corrected chi connectivity index (χ0v) is 16.5. The van der Waals surface area contributed by atoms with E-state index in [1.165, 1.54) is 33.2 Å². The van der Waals surface area contributed by atoms with Crippen molar-refractivity contribution in [2.75, 3.05) is 0 Å². The summed E-state index contributed by atoms with van der Waals surface area (Å²) in [6.07, 6.45) is 12.7. The zero-order valence-electron chi connectivity index (χ0n) is 16.5. The third-order valence-electron chi connectivity index (χ3n) is 5.60. The molecule has 0 bridgehead atoms. The maximum absolute atomic E-state index is 6.00. The summed E-state index contributed by atoms with van der Waals surface area (Å²) in [7, 11) is 0. The summed E-state index contributed by atoms with van der Waals surface area (Å²) in [6, 6.07) is 14.7. The number of rotatable bonds is 6. The molecule has 3 aromatic rings. The zero-order chi connectivity index (χ0) is 19.5. The van der Waals surface area contributed by atoms with E-state index in [9.17, 15) is 0 Å². The van der Waals surface area contributed by atoms with Crippen LogP contribution >= 0.6 is 0 Å². The smallest absolute Gasteiger partial charge is 0.134 e. The highest BCUT2D eigenvalue weighted by Crippen LogP contribution is 2.34. The van der Waals surface area contributed by atoms with Gasteiger partial charge in [-0.15, -0.1) is 0 Å². The minimum Gasteiger partial charge on any atom is -0.460 e. The van der Waals surface area contributed by atoms with Crippen molar-refractivity contribution in [2.45, 2.75) is 32.6 Å². The molecule has 0 radical (unpaired) electrons. The van der Waals surface area contributed by atoms with E-state index in [4.69, 9.17) is 4.42 Å². The number of benzene rings is 2. The van der Waals surface area contributed by atoms with Crippen molar-refractivity contribution in [3.63, 3.8) is 0 Å². The van der Waals surface area contributed by atoms with Crippen LogP contribution in [0.25, 0.3) is 22.6 Å². The fourth-order valence-corrected chi connectivity index (χ4v) is 3.99. The second-order valence-electron chi connectivity index (χ2n) is 7.45. The minimum absolute atomic E-state index is 0.919. The van der Waals surface area contributed by atoms with Gasteiger partial charge in [-0.3, -0.25) is 0 Å². The summed E-state index contributed by atoms with van der Waals surface area (Å²) in [6.45, 7) is 10.2. The summed E-state index contributed by atoms with van der Waals surface area (Å²) >= 11 is 0. The van der Waals surface area contributed by atoms with Crippen LogP contribution in [0.15, 0.2) is 83.8 Å². The molecule has 0 aliphatic heterocycles. The largest absolute Gasteiger partial charge is 0.460 e. The van der Waals surface area contributed by atoms with E-state index in [1.807, 2.05) is 12.1 Å². The number of furan rings is 1. The van der Waals surface area contributed by atoms with Crippen LogP contribution in [0.2, 0.25) is 0 Å². The Morgan fingerprint density at radius 1 is 1.04 bits per heavy atom. The molecule has 1 aromatic heterocycles. The Morgan fingerprint density at radius 2 is 1.86 bits per heavy atom. The predicted molar refractivity (Wildman–Crippen MR) is 120 cm³/mol. The van der Waals surface area contributed by atoms with Crippen LogP contribution in [0.1, 0.15) is 40.9 Å². The van der Waals surface area contributed by atoms with Crippen molar-refractivity contribution in [3.8, 4) is 0 Å². The molecule has 1 heterocycles. The highest BCUT2D eigenvalue weighted by molar-refractivity contribution is 5.89. The van der Waals surface area contributed by atoms with Crippen LogP contribution < -0.4 is 0 Å². The van der Waals surface area contributed by atoms with Crippen molar-refractivity contribution >= 4 is 22.6 Å². The third-order valence-corrected chi connectivity index (χ3v) is 5.60. The Labute approximate surface area is 167 Å². The topological polar surface area (TPSA) is 13.1 Å². The summed E-state index contributed by atoms with van der Waals surface area (Å²) in [5.41, 5.74) is 8.56. The van der Waals surface area contributed by atoms with Crippen molar-refractivity contribution in [1.29, 1.82) is 0 Å². The van der Waals surface area contributed by atoms with Gasteiger partial charge in [0.15, 0.2) is 0 Å². The Bertz CT molecular complexity index is 1100. The average Bonchev–Trinajstić information content (AvgIpc) is 3.09. The molecular formula is C27H26O. The monoisotopic (exact) mass is 366 g/mol. The van der Waals surface area contributed by atoms with Crippen molar-refractivity contribution in [2.24, 2.45) is 0 Å². The molecule has 0 fully saturated rings. The molecule has 0 saturated carbocycles. The number of para-hydroxylation sites is 1. The van der Waals surface area contributed by atoms with E-state index in [0.717, 1.165) is 42.6 Å². The van der Waals surface area contributed by atoms with E-state index in [0.29, 0.717) is 0 Å². The number of allylic oxidation sites excluding steroid dienone is 5. The molecule has 1 nitrogen and oxygen atoms in total. The number of hydrogen-bond acceptors (Lipinski definition) is 1. The van der Waals surface area contributed by atoms with Gasteiger partial charge in [-0.05, 0) is 54.5 Å². The molecule has 0 spiro atoms. The van der Waals surface area contributed by atoms with E-state index in [-0.39, 0.29) is 0 Å². The van der Waals surface area contributed by atoms with Gasteiger partial charge in [0, 0.05) is 17.4 Å². The molecule has 0 atom stereocenters. The lowest BCUT2D eigenvalue weighted by molar-refractivity contribution is 0.542.